The van der Waals surface area contributed by atoms with E-state index in [0.717, 1.165) is 45.2 Å². The Hall–Kier alpha value is -1.04. The molecule has 0 spiro atoms. The van der Waals surface area contributed by atoms with Crippen LogP contribution >= 0.6 is 0 Å². The molecule has 1 saturated carbocycles. The number of likely N-dealkylation sites (tertiary alicyclic amines) is 1. The summed E-state index contributed by atoms with van der Waals surface area (Å²) in [5.74, 6) is 1.36. The molecule has 3 nitrogen and oxygen atoms in total. The lowest BCUT2D eigenvalue weighted by Gasteiger charge is -2.40. The van der Waals surface area contributed by atoms with Crippen LogP contribution in [0.5, 0.6) is 0 Å². The Morgan fingerprint density at radius 2 is 1.89 bits per heavy atom. The zero-order chi connectivity index (χ0) is 13.2. The Balaban J connectivity index is 2.08. The highest BCUT2D eigenvalue weighted by Gasteiger charge is 2.43. The van der Waals surface area contributed by atoms with E-state index in [4.69, 9.17) is 0 Å². The lowest BCUT2D eigenvalue weighted by Crippen LogP contribution is -2.49. The summed E-state index contributed by atoms with van der Waals surface area (Å²) in [6, 6.07) is 2.35. The van der Waals surface area contributed by atoms with Gasteiger partial charge in [-0.05, 0) is 31.1 Å². The monoisotopic (exact) mass is 248 g/mol. The molecule has 1 aliphatic heterocycles. The van der Waals surface area contributed by atoms with Gasteiger partial charge >= 0.3 is 0 Å². The smallest absolute Gasteiger partial charge is 0.243 e. The normalized spacial score (nSPS) is 31.7. The van der Waals surface area contributed by atoms with Gasteiger partial charge < -0.3 is 4.90 Å². The molecule has 1 amide bonds. The van der Waals surface area contributed by atoms with Crippen LogP contribution in [-0.4, -0.2) is 23.9 Å². The third kappa shape index (κ3) is 2.39. The Morgan fingerprint density at radius 1 is 1.22 bits per heavy atom. The highest BCUT2D eigenvalue weighted by molar-refractivity contribution is 5.85. The fraction of sp³-hybridized carbons (Fsp3) is 0.867. The molecule has 0 radical (unpaired) electrons. The molecule has 0 aromatic carbocycles. The SMILES string of the molecule is CC1CCN(C(=O)C2(C#N)CCCCC2)CC1C. The molecular weight excluding hydrogens is 224 g/mol. The van der Waals surface area contributed by atoms with Gasteiger partial charge in [0.2, 0.25) is 5.91 Å². The number of piperidine rings is 1. The van der Waals surface area contributed by atoms with Gasteiger partial charge in [-0.1, -0.05) is 33.1 Å². The largest absolute Gasteiger partial charge is 0.341 e. The van der Waals surface area contributed by atoms with Crippen molar-refractivity contribution in [3.63, 3.8) is 0 Å². The van der Waals surface area contributed by atoms with Crippen LogP contribution in [0.4, 0.5) is 0 Å². The summed E-state index contributed by atoms with van der Waals surface area (Å²) >= 11 is 0. The van der Waals surface area contributed by atoms with Crippen LogP contribution < -0.4 is 0 Å². The summed E-state index contributed by atoms with van der Waals surface area (Å²) in [6.07, 6.45) is 5.84. The van der Waals surface area contributed by atoms with Crippen LogP contribution in [-0.2, 0) is 4.79 Å². The Bertz CT molecular complexity index is 352. The molecule has 2 aliphatic rings. The van der Waals surface area contributed by atoms with Crippen molar-refractivity contribution in [1.29, 1.82) is 5.26 Å². The molecule has 100 valence electrons. The zero-order valence-corrected chi connectivity index (χ0v) is 11.6. The Kier molecular flexibility index (Phi) is 3.94. The number of carbonyl (C=O) groups excluding carboxylic acids is 1. The molecule has 18 heavy (non-hydrogen) atoms. The van der Waals surface area contributed by atoms with E-state index in [1.807, 2.05) is 4.90 Å². The molecule has 1 heterocycles. The molecule has 0 bridgehead atoms. The van der Waals surface area contributed by atoms with E-state index in [9.17, 15) is 10.1 Å². The molecule has 0 aromatic rings. The number of amides is 1. The van der Waals surface area contributed by atoms with Crippen molar-refractivity contribution in [1.82, 2.24) is 4.90 Å². The van der Waals surface area contributed by atoms with Gasteiger partial charge in [-0.3, -0.25) is 4.79 Å². The number of hydrogen-bond donors (Lipinski definition) is 0. The fourth-order valence-corrected chi connectivity index (χ4v) is 3.28. The summed E-state index contributed by atoms with van der Waals surface area (Å²) in [4.78, 5) is 14.6. The Labute approximate surface area is 110 Å². The van der Waals surface area contributed by atoms with Gasteiger partial charge in [-0.25, -0.2) is 0 Å². The van der Waals surface area contributed by atoms with Crippen LogP contribution in [0.25, 0.3) is 0 Å². The summed E-state index contributed by atoms with van der Waals surface area (Å²) < 4.78 is 0. The second kappa shape index (κ2) is 5.30. The van der Waals surface area contributed by atoms with Crippen molar-refractivity contribution in [2.24, 2.45) is 17.3 Å². The Morgan fingerprint density at radius 3 is 2.44 bits per heavy atom. The highest BCUT2D eigenvalue weighted by Crippen LogP contribution is 2.38. The lowest BCUT2D eigenvalue weighted by molar-refractivity contribution is -0.143. The molecule has 2 fully saturated rings. The van der Waals surface area contributed by atoms with E-state index in [1.165, 1.54) is 6.42 Å². The van der Waals surface area contributed by atoms with Gasteiger partial charge in [0.05, 0.1) is 6.07 Å². The van der Waals surface area contributed by atoms with E-state index in [0.29, 0.717) is 11.8 Å². The van der Waals surface area contributed by atoms with Crippen molar-refractivity contribution < 1.29 is 4.79 Å². The summed E-state index contributed by atoms with van der Waals surface area (Å²) in [7, 11) is 0. The molecule has 0 N–H and O–H groups in total. The minimum Gasteiger partial charge on any atom is -0.341 e. The van der Waals surface area contributed by atoms with E-state index in [1.54, 1.807) is 0 Å². The van der Waals surface area contributed by atoms with Gasteiger partial charge in [0, 0.05) is 13.1 Å². The van der Waals surface area contributed by atoms with Crippen molar-refractivity contribution in [2.75, 3.05) is 13.1 Å². The van der Waals surface area contributed by atoms with Crippen molar-refractivity contribution in [2.45, 2.75) is 52.4 Å². The summed E-state index contributed by atoms with van der Waals surface area (Å²) in [5.41, 5.74) is -0.696. The zero-order valence-electron chi connectivity index (χ0n) is 11.6. The maximum Gasteiger partial charge on any atom is 0.243 e. The summed E-state index contributed by atoms with van der Waals surface area (Å²) in [6.45, 7) is 6.15. The van der Waals surface area contributed by atoms with Gasteiger partial charge in [0.15, 0.2) is 0 Å². The maximum absolute atomic E-state index is 12.7. The second-order valence-electron chi connectivity index (χ2n) is 6.25. The summed E-state index contributed by atoms with van der Waals surface area (Å²) in [5, 5.41) is 9.46. The maximum atomic E-state index is 12.7. The number of carbonyl (C=O) groups is 1. The fourth-order valence-electron chi connectivity index (χ4n) is 3.28. The standard InChI is InChI=1S/C15H24N2O/c1-12-6-9-17(10-13(12)2)14(18)15(11-16)7-4-3-5-8-15/h12-13H,3-10H2,1-2H3. The minimum atomic E-state index is -0.696. The predicted octanol–water partition coefficient (Wildman–Crippen LogP) is 2.96. The highest BCUT2D eigenvalue weighted by atomic mass is 16.2. The topological polar surface area (TPSA) is 44.1 Å². The third-order valence-electron chi connectivity index (χ3n) is 4.95. The van der Waals surface area contributed by atoms with Gasteiger partial charge in [0.1, 0.15) is 5.41 Å². The first kappa shape index (κ1) is 13.4. The number of nitrogens with zero attached hydrogens (tertiary/aromatic N) is 2. The van der Waals surface area contributed by atoms with Crippen LogP contribution in [0.3, 0.4) is 0 Å². The quantitative estimate of drug-likeness (QED) is 0.716. The van der Waals surface area contributed by atoms with Crippen LogP contribution in [0, 0.1) is 28.6 Å². The van der Waals surface area contributed by atoms with Crippen LogP contribution in [0.1, 0.15) is 52.4 Å². The van der Waals surface area contributed by atoms with Crippen LogP contribution in [0.15, 0.2) is 0 Å². The minimum absolute atomic E-state index is 0.114. The first-order chi connectivity index (χ1) is 8.59. The molecule has 3 heteroatoms. The van der Waals surface area contributed by atoms with Crippen molar-refractivity contribution >= 4 is 5.91 Å². The number of nitriles is 1. The third-order valence-corrected chi connectivity index (χ3v) is 4.95. The first-order valence-corrected chi connectivity index (χ1v) is 7.30. The molecule has 2 rings (SSSR count). The molecule has 1 saturated heterocycles. The van der Waals surface area contributed by atoms with Crippen molar-refractivity contribution in [3.8, 4) is 6.07 Å². The average Bonchev–Trinajstić information content (AvgIpc) is 2.42. The first-order valence-electron chi connectivity index (χ1n) is 7.30. The van der Waals surface area contributed by atoms with Crippen molar-refractivity contribution in [3.05, 3.63) is 0 Å². The van der Waals surface area contributed by atoms with E-state index < -0.39 is 5.41 Å². The van der Waals surface area contributed by atoms with Gasteiger partial charge in [-0.2, -0.15) is 5.26 Å². The second-order valence-corrected chi connectivity index (χ2v) is 6.25. The van der Waals surface area contributed by atoms with E-state index in [2.05, 4.69) is 19.9 Å². The number of hydrogen-bond acceptors (Lipinski definition) is 2. The lowest BCUT2D eigenvalue weighted by atomic mass is 9.73. The van der Waals surface area contributed by atoms with Gasteiger partial charge in [-0.15, -0.1) is 0 Å². The van der Waals surface area contributed by atoms with E-state index >= 15 is 0 Å². The average molecular weight is 248 g/mol. The predicted molar refractivity (Wildman–Crippen MR) is 70.7 cm³/mol. The molecule has 2 unspecified atom stereocenters. The van der Waals surface area contributed by atoms with Crippen LogP contribution in [0.2, 0.25) is 0 Å². The molecule has 1 aliphatic carbocycles. The van der Waals surface area contributed by atoms with Gasteiger partial charge in [0.25, 0.3) is 0 Å². The molecular formula is C15H24N2O. The number of rotatable bonds is 1. The molecule has 2 atom stereocenters. The molecule has 0 aromatic heterocycles. The van der Waals surface area contributed by atoms with E-state index in [-0.39, 0.29) is 5.91 Å².